The fraction of sp³-hybridized carbons (Fsp3) is 0.286. The molecule has 0 fully saturated rings. The predicted molar refractivity (Wildman–Crippen MR) is 582 cm³/mol. The van der Waals surface area contributed by atoms with E-state index in [-0.39, 0.29) is 112 Å². The average Bonchev–Trinajstić information content (AvgIpc) is 1.55. The van der Waals surface area contributed by atoms with Gasteiger partial charge in [-0.25, -0.2) is 9.97 Å². The van der Waals surface area contributed by atoms with Crippen LogP contribution in [0.2, 0.25) is 0 Å². The van der Waals surface area contributed by atoms with Crippen molar-refractivity contribution in [1.29, 1.82) is 0 Å². The molecule has 1 N–H and O–H groups in total. The number of aryl methyl sites for hydroxylation is 20. The van der Waals surface area contributed by atoms with Gasteiger partial charge in [0, 0.05) is 212 Å². The number of nitrogens with zero attached hydrogens (tertiary/aromatic N) is 14. The van der Waals surface area contributed by atoms with Crippen LogP contribution in [0, 0.1) is 169 Å². The molecule has 0 saturated heterocycles. The minimum absolute atomic E-state index is 0. The van der Waals surface area contributed by atoms with Crippen LogP contribution < -0.4 is 23.8 Å². The van der Waals surface area contributed by atoms with E-state index < -0.39 is 0 Å². The van der Waals surface area contributed by atoms with Gasteiger partial charge >= 0.3 is 0 Å². The molecule has 0 spiro atoms. The fourth-order valence-corrected chi connectivity index (χ4v) is 24.2. The number of carbonyl (C=O) groups is 1. The number of anilines is 2. The standard InChI is InChI=1S/C29H29N2O2.C24H22N3OS.C23H25N2O.C19H19N4S.C19H18N3S2.C5H8O2.5Ir/c1-17-10-13-25(20(4)16-17)31-22(6)21(5)30-29(31)24-12-11-23(27-28(24)33-15-14-32-27)26-18(2)8-7-9-19(26)3;1-16-14-17(2)22(18(3)15-16)27-10-9-25-24(27)19-6-4-7-20-23(19)28-12-11-26(20)21-8-5-13-29-21;1-14-12-15(2)21(16(3)13-14)25-18(5)17(4)24-23(25)20-10-6-8-19-9-7-11-26-22(19)20;1-12-17(13(2)22-14(3)21-12)23-10-9-20-19(23)16-8-4-6-15-7-5-11-24-18(15)16;1-12-10-13(2)16(14(3)11-12)22-7-6-20-18(22)15-4-5-21-19-17(15)23-8-9-24-19;1-4(6)3-5(2)7;;;;;/h7-11,13,16H,14-15H2,1-6H3;4-5,7-10,13-15H,11-12H2,1-3H3;6,8,12-13H,7,9,11H2,1-5H3;4,6,9-10H,5,7,11H2,1-3H3;5-7,10-11H,8-9H2,1-3H3;3,6H,1-2H3;;;;;/q5*-1;;;;;;. The largest absolute Gasteiger partial charge is 0.537 e. The van der Waals surface area contributed by atoms with Crippen molar-refractivity contribution in [3.8, 4) is 120 Å². The van der Waals surface area contributed by atoms with Gasteiger partial charge < -0.3 is 56.8 Å². The van der Waals surface area contributed by atoms with Crippen molar-refractivity contribution >= 4 is 63.1 Å². The van der Waals surface area contributed by atoms with E-state index in [9.17, 15) is 4.79 Å². The second-order valence-electron chi connectivity index (χ2n) is 37.1. The van der Waals surface area contributed by atoms with E-state index in [0.717, 1.165) is 197 Å². The number of fused-ring (bicyclic) bond motifs is 5. The maximum Gasteiger partial charge on any atom is 0.155 e. The minimum atomic E-state index is -0.125. The summed E-state index contributed by atoms with van der Waals surface area (Å²) in [5, 5.41) is 12.8. The molecule has 0 bridgehead atoms. The summed E-state index contributed by atoms with van der Waals surface area (Å²) in [6.07, 6.45) is 19.1. The number of allylic oxidation sites excluding steroid dienone is 2. The van der Waals surface area contributed by atoms with Gasteiger partial charge in [0.2, 0.25) is 0 Å². The molecule has 5 radical (unpaired) electrons. The molecule has 17 aromatic rings. The van der Waals surface area contributed by atoms with Gasteiger partial charge in [-0.1, -0.05) is 149 Å². The van der Waals surface area contributed by atoms with Crippen molar-refractivity contribution in [2.75, 3.05) is 55.1 Å². The molecule has 148 heavy (non-hydrogen) atoms. The summed E-state index contributed by atoms with van der Waals surface area (Å²) >= 11 is 7.33. The zero-order chi connectivity index (χ0) is 101. The minimum Gasteiger partial charge on any atom is -0.537 e. The van der Waals surface area contributed by atoms with Crippen LogP contribution in [0.5, 0.6) is 23.0 Å². The maximum atomic E-state index is 10.0. The normalized spacial score (nSPS) is 12.8. The number of pyridine rings is 1. The summed E-state index contributed by atoms with van der Waals surface area (Å²) in [4.78, 5) is 52.3. The van der Waals surface area contributed by atoms with Gasteiger partial charge in [0.25, 0.3) is 0 Å². The SMILES string of the molecule is CC(=O)C=C(C)O.Cc1cc(C)c(-n2c(-c3[c-]ccc4c3OCCC4)nc(C)c2C)c(C)c1.Cc1cc(C)c(-n2ccnc2-c2[c-]ccc3c2OCCN3c2cccs2)c(C)c1.Cc1cc(C)c(-n2ccnc2-c2[c-]cnc3c2SCCS3)c(C)c1.Cc1ccc(-n2c(-c3[c-]cc(-c4c(C)cccc4C)c4c3OCCO4)nc(C)c2C)c(C)c1.Cc1nc(C)c(-n2ccnc2-c2[c-]ccc3c2SCCC3)c(C)n1.[Ir].[Ir].[Ir].[Ir].[Ir]. The van der Waals surface area contributed by atoms with Gasteiger partial charge in [-0.3, -0.25) is 29.7 Å². The second-order valence-corrected chi connectivity index (χ2v) is 41.3. The molecule has 9 aromatic carbocycles. The molecule has 777 valence electrons. The molecule has 20 nitrogen and oxygen atoms in total. The number of hydrogen-bond donors (Lipinski definition) is 1. The van der Waals surface area contributed by atoms with E-state index in [2.05, 4.69) is 302 Å². The molecular formula is C119H121Ir5N14O6S4-5. The van der Waals surface area contributed by atoms with E-state index in [1.54, 1.807) is 17.5 Å². The van der Waals surface area contributed by atoms with Crippen LogP contribution >= 0.6 is 46.6 Å². The summed E-state index contributed by atoms with van der Waals surface area (Å²) in [5.74, 6) is 11.9. The van der Waals surface area contributed by atoms with Crippen molar-refractivity contribution in [1.82, 2.24) is 62.7 Å². The topological polar surface area (TPSA) is 205 Å². The molecule has 0 saturated carbocycles. The number of benzene rings is 9. The van der Waals surface area contributed by atoms with E-state index in [1.807, 2.05) is 124 Å². The molecule has 0 amide bonds. The van der Waals surface area contributed by atoms with Gasteiger partial charge in [0.15, 0.2) is 5.78 Å². The molecule has 22 rings (SSSR count). The number of thioether (sulfide) groups is 3. The molecule has 0 unspecified atom stereocenters. The first kappa shape index (κ1) is 116. The van der Waals surface area contributed by atoms with Crippen molar-refractivity contribution < 1.29 is 129 Å². The molecular weight excluding hydrogens is 2810 g/mol. The Morgan fingerprint density at radius 2 is 0.892 bits per heavy atom. The molecule has 13 heterocycles. The fourth-order valence-electron chi connectivity index (χ4n) is 20.1. The summed E-state index contributed by atoms with van der Waals surface area (Å²) in [6.45, 7) is 48.4. The number of hydrogen-bond acceptors (Lipinski definition) is 19. The molecule has 5 aliphatic rings. The molecule has 0 atom stereocenters. The van der Waals surface area contributed by atoms with E-state index in [4.69, 9.17) is 39.0 Å². The zero-order valence-electron chi connectivity index (χ0n) is 87.4. The smallest absolute Gasteiger partial charge is 0.155 e. The number of rotatable bonds is 13. The Balaban J connectivity index is 0.000000161. The van der Waals surface area contributed by atoms with Crippen LogP contribution in [0.25, 0.3) is 96.5 Å². The van der Waals surface area contributed by atoms with Crippen LogP contribution in [0.4, 0.5) is 10.7 Å². The van der Waals surface area contributed by atoms with Crippen molar-refractivity contribution in [3.05, 3.63) is 342 Å². The van der Waals surface area contributed by atoms with Gasteiger partial charge in [-0.2, -0.15) is 29.6 Å². The average molecular weight is 2930 g/mol. The number of ether oxygens (including phenoxy) is 4. The zero-order valence-corrected chi connectivity index (χ0v) is 103. The van der Waals surface area contributed by atoms with Crippen molar-refractivity contribution in [2.45, 2.75) is 193 Å². The molecule has 29 heteroatoms. The summed E-state index contributed by atoms with van der Waals surface area (Å²) in [6, 6.07) is 61.9. The Hall–Kier alpha value is -10.5. The summed E-state index contributed by atoms with van der Waals surface area (Å²) in [7, 11) is 0. The Kier molecular flexibility index (Phi) is 40.4. The van der Waals surface area contributed by atoms with Crippen LogP contribution in [0.15, 0.2) is 203 Å². The van der Waals surface area contributed by atoms with Gasteiger partial charge in [-0.05, 0) is 258 Å². The second kappa shape index (κ2) is 51.5. The number of aliphatic hydroxyl groups is 1. The maximum absolute atomic E-state index is 10.0. The third-order valence-corrected chi connectivity index (χ3v) is 30.6. The number of carbonyl (C=O) groups excluding carboxylic acids is 1. The molecule has 8 aromatic heterocycles. The first-order valence-electron chi connectivity index (χ1n) is 48.5. The number of ketones is 1. The summed E-state index contributed by atoms with van der Waals surface area (Å²) < 4.78 is 35.6. The monoisotopic (exact) mass is 2930 g/mol. The summed E-state index contributed by atoms with van der Waals surface area (Å²) in [5.41, 5.74) is 38.9. The van der Waals surface area contributed by atoms with E-state index >= 15 is 0 Å². The van der Waals surface area contributed by atoms with Crippen molar-refractivity contribution in [2.24, 2.45) is 0 Å². The molecule has 5 aliphatic heterocycles. The van der Waals surface area contributed by atoms with Crippen molar-refractivity contribution in [3.63, 3.8) is 0 Å². The third kappa shape index (κ3) is 25.1. The first-order chi connectivity index (χ1) is 68.9. The number of imidazole rings is 5. The van der Waals surface area contributed by atoms with E-state index in [1.165, 1.54) is 147 Å². The number of aromatic nitrogens is 13. The van der Waals surface area contributed by atoms with Crippen LogP contribution in [-0.2, 0) is 118 Å². The van der Waals surface area contributed by atoms with Gasteiger partial charge in [-0.15, -0.1) is 101 Å². The molecule has 0 aliphatic carbocycles. The Morgan fingerprint density at radius 3 is 1.46 bits per heavy atom. The predicted octanol–water partition coefficient (Wildman–Crippen LogP) is 27.7. The van der Waals surface area contributed by atoms with Gasteiger partial charge in [0.05, 0.1) is 93.2 Å². The third-order valence-electron chi connectivity index (χ3n) is 26.0. The van der Waals surface area contributed by atoms with E-state index in [0.29, 0.717) is 19.8 Å². The van der Waals surface area contributed by atoms with Crippen LogP contribution in [0.1, 0.15) is 150 Å². The van der Waals surface area contributed by atoms with Crippen LogP contribution in [0.3, 0.4) is 0 Å². The Labute approximate surface area is 955 Å². The Morgan fingerprint density at radius 1 is 0.405 bits per heavy atom. The Bertz CT molecular complexity index is 7440. The number of aliphatic hydroxyl groups excluding tert-OH is 1. The van der Waals surface area contributed by atoms with Gasteiger partial charge in [0.1, 0.15) is 19.0 Å². The number of thiophene rings is 1. The first-order valence-corrected chi connectivity index (χ1v) is 52.4. The van der Waals surface area contributed by atoms with Crippen LogP contribution in [-0.4, -0.2) is 124 Å². The quantitative estimate of drug-likeness (QED) is 0.0647.